The molecule has 3 rings (SSSR count). The maximum atomic E-state index is 4.42. The number of nitrogens with zero attached hydrogens (tertiary/aromatic N) is 5. The van der Waals surface area contributed by atoms with Gasteiger partial charge in [0.05, 0.1) is 6.54 Å². The van der Waals surface area contributed by atoms with Gasteiger partial charge < -0.3 is 14.8 Å². The number of benzene rings is 1. The highest BCUT2D eigenvalue weighted by molar-refractivity contribution is 14.0. The van der Waals surface area contributed by atoms with Gasteiger partial charge in [-0.25, -0.2) is 0 Å². The van der Waals surface area contributed by atoms with Crippen molar-refractivity contribution in [3.05, 3.63) is 47.0 Å². The van der Waals surface area contributed by atoms with Gasteiger partial charge in [-0.05, 0) is 30.9 Å². The fraction of sp³-hybridized carbons (Fsp3) is 0.526. The third-order valence-electron chi connectivity index (χ3n) is 4.83. The van der Waals surface area contributed by atoms with E-state index in [1.165, 1.54) is 30.4 Å². The first-order chi connectivity index (χ1) is 12.2. The van der Waals surface area contributed by atoms with Crippen LogP contribution in [0.1, 0.15) is 42.0 Å². The molecule has 1 N–H and O–H groups in total. The Bertz CT molecular complexity index is 739. The van der Waals surface area contributed by atoms with Gasteiger partial charge in [0.15, 0.2) is 11.8 Å². The number of aromatic nitrogens is 3. The SMILES string of the molecule is CN=C(NCc1nnc2n1CCCCC2)N(C)Cc1ccccc1C.I. The number of guanidine groups is 1. The zero-order chi connectivity index (χ0) is 17.6. The Morgan fingerprint density at radius 3 is 2.81 bits per heavy atom. The van der Waals surface area contributed by atoms with Crippen LogP contribution in [0.3, 0.4) is 0 Å². The Balaban J connectivity index is 0.00000243. The molecule has 1 aliphatic rings. The summed E-state index contributed by atoms with van der Waals surface area (Å²) in [5.74, 6) is 2.99. The Morgan fingerprint density at radius 1 is 1.23 bits per heavy atom. The summed E-state index contributed by atoms with van der Waals surface area (Å²) in [4.78, 5) is 6.56. The van der Waals surface area contributed by atoms with E-state index in [1.807, 2.05) is 7.05 Å². The molecule has 0 amide bonds. The predicted octanol–water partition coefficient (Wildman–Crippen LogP) is 3.14. The molecule has 26 heavy (non-hydrogen) atoms. The summed E-state index contributed by atoms with van der Waals surface area (Å²) >= 11 is 0. The molecule has 0 radical (unpaired) electrons. The molecule has 7 heteroatoms. The normalized spacial score (nSPS) is 14.2. The summed E-state index contributed by atoms with van der Waals surface area (Å²) in [6.45, 7) is 4.64. The minimum atomic E-state index is 0. The molecular weight excluding hydrogens is 439 g/mol. The Morgan fingerprint density at radius 2 is 2.04 bits per heavy atom. The average Bonchev–Trinajstić information content (AvgIpc) is 2.84. The number of aliphatic imine (C=N–C) groups is 1. The average molecular weight is 468 g/mol. The maximum absolute atomic E-state index is 4.42. The topological polar surface area (TPSA) is 58.3 Å². The monoisotopic (exact) mass is 468 g/mol. The third-order valence-corrected chi connectivity index (χ3v) is 4.83. The van der Waals surface area contributed by atoms with Crippen LogP contribution in [0.4, 0.5) is 0 Å². The van der Waals surface area contributed by atoms with E-state index in [0.29, 0.717) is 6.54 Å². The van der Waals surface area contributed by atoms with Gasteiger partial charge in [-0.15, -0.1) is 34.2 Å². The lowest BCUT2D eigenvalue weighted by atomic mass is 10.1. The first-order valence-electron chi connectivity index (χ1n) is 9.06. The summed E-state index contributed by atoms with van der Waals surface area (Å²) in [6.07, 6.45) is 4.73. The van der Waals surface area contributed by atoms with E-state index in [4.69, 9.17) is 0 Å². The van der Waals surface area contributed by atoms with Crippen LogP contribution < -0.4 is 5.32 Å². The van der Waals surface area contributed by atoms with Crippen LogP contribution in [0.2, 0.25) is 0 Å². The molecule has 0 saturated heterocycles. The maximum Gasteiger partial charge on any atom is 0.194 e. The first-order valence-corrected chi connectivity index (χ1v) is 9.06. The summed E-state index contributed by atoms with van der Waals surface area (Å²) in [5.41, 5.74) is 2.61. The van der Waals surface area contributed by atoms with Crippen LogP contribution in [0.25, 0.3) is 0 Å². The summed E-state index contributed by atoms with van der Waals surface area (Å²) in [6, 6.07) is 8.46. The molecule has 2 heterocycles. The van der Waals surface area contributed by atoms with E-state index < -0.39 is 0 Å². The second kappa shape index (κ2) is 9.89. The Labute approximate surface area is 173 Å². The van der Waals surface area contributed by atoms with E-state index in [9.17, 15) is 0 Å². The predicted molar refractivity (Wildman–Crippen MR) is 116 cm³/mol. The molecule has 0 saturated carbocycles. The molecule has 1 aliphatic heterocycles. The lowest BCUT2D eigenvalue weighted by Gasteiger charge is -2.23. The van der Waals surface area contributed by atoms with Crippen molar-refractivity contribution in [1.29, 1.82) is 0 Å². The van der Waals surface area contributed by atoms with Crippen molar-refractivity contribution in [2.75, 3.05) is 14.1 Å². The van der Waals surface area contributed by atoms with Crippen LogP contribution in [0, 0.1) is 6.92 Å². The van der Waals surface area contributed by atoms with Crippen LogP contribution in [-0.2, 0) is 26.1 Å². The van der Waals surface area contributed by atoms with Crippen molar-refractivity contribution in [2.45, 2.75) is 52.2 Å². The molecule has 0 atom stereocenters. The van der Waals surface area contributed by atoms with Gasteiger partial charge in [-0.1, -0.05) is 30.7 Å². The molecule has 1 aromatic carbocycles. The molecule has 0 bridgehead atoms. The van der Waals surface area contributed by atoms with E-state index in [2.05, 4.69) is 68.2 Å². The lowest BCUT2D eigenvalue weighted by molar-refractivity contribution is 0.472. The van der Waals surface area contributed by atoms with Crippen molar-refractivity contribution < 1.29 is 0 Å². The van der Waals surface area contributed by atoms with Crippen LogP contribution in [-0.4, -0.2) is 39.7 Å². The number of nitrogens with one attached hydrogen (secondary N) is 1. The highest BCUT2D eigenvalue weighted by Crippen LogP contribution is 2.14. The second-order valence-electron chi connectivity index (χ2n) is 6.68. The van der Waals surface area contributed by atoms with Crippen molar-refractivity contribution in [3.8, 4) is 0 Å². The molecule has 0 fully saturated rings. The van der Waals surface area contributed by atoms with Gasteiger partial charge in [0.2, 0.25) is 0 Å². The largest absolute Gasteiger partial charge is 0.349 e. The van der Waals surface area contributed by atoms with E-state index in [0.717, 1.165) is 37.1 Å². The van der Waals surface area contributed by atoms with E-state index in [1.54, 1.807) is 0 Å². The molecular formula is C19H29IN6. The van der Waals surface area contributed by atoms with E-state index in [-0.39, 0.29) is 24.0 Å². The van der Waals surface area contributed by atoms with Crippen molar-refractivity contribution in [1.82, 2.24) is 25.0 Å². The number of fused-ring (bicyclic) bond motifs is 1. The molecule has 0 aliphatic carbocycles. The van der Waals surface area contributed by atoms with Gasteiger partial charge in [0.25, 0.3) is 0 Å². The Hall–Kier alpha value is -1.64. The van der Waals surface area contributed by atoms with Gasteiger partial charge >= 0.3 is 0 Å². The fourth-order valence-electron chi connectivity index (χ4n) is 3.34. The summed E-state index contributed by atoms with van der Waals surface area (Å²) < 4.78 is 2.27. The molecule has 2 aromatic rings. The lowest BCUT2D eigenvalue weighted by Crippen LogP contribution is -2.38. The van der Waals surface area contributed by atoms with Crippen molar-refractivity contribution in [3.63, 3.8) is 0 Å². The number of hydrogen-bond acceptors (Lipinski definition) is 3. The minimum absolute atomic E-state index is 0. The molecule has 0 spiro atoms. The molecule has 0 unspecified atom stereocenters. The second-order valence-corrected chi connectivity index (χ2v) is 6.68. The van der Waals surface area contributed by atoms with Gasteiger partial charge in [-0.3, -0.25) is 4.99 Å². The fourth-order valence-corrected chi connectivity index (χ4v) is 3.34. The zero-order valence-electron chi connectivity index (χ0n) is 15.9. The minimum Gasteiger partial charge on any atom is -0.349 e. The summed E-state index contributed by atoms with van der Waals surface area (Å²) in [5, 5.41) is 12.2. The standard InChI is InChI=1S/C19H28N6.HI/c1-15-9-6-7-10-16(15)14-24(3)19(20-2)21-13-18-23-22-17-11-5-4-8-12-25(17)18;/h6-7,9-10H,4-5,8,11-14H2,1-3H3,(H,20,21);1H. The van der Waals surface area contributed by atoms with Crippen molar-refractivity contribution >= 4 is 29.9 Å². The number of halogens is 1. The molecule has 6 nitrogen and oxygen atoms in total. The number of rotatable bonds is 4. The highest BCUT2D eigenvalue weighted by Gasteiger charge is 2.15. The van der Waals surface area contributed by atoms with Gasteiger partial charge in [-0.2, -0.15) is 0 Å². The summed E-state index contributed by atoms with van der Waals surface area (Å²) in [7, 11) is 3.88. The van der Waals surface area contributed by atoms with E-state index >= 15 is 0 Å². The third kappa shape index (κ3) is 4.96. The van der Waals surface area contributed by atoms with Crippen LogP contribution >= 0.6 is 24.0 Å². The van der Waals surface area contributed by atoms with Crippen molar-refractivity contribution in [2.24, 2.45) is 4.99 Å². The van der Waals surface area contributed by atoms with Crippen LogP contribution in [0.15, 0.2) is 29.3 Å². The number of aryl methyl sites for hydroxylation is 2. The zero-order valence-corrected chi connectivity index (χ0v) is 18.2. The quantitative estimate of drug-likeness (QED) is 0.426. The first kappa shape index (κ1) is 20.7. The number of hydrogen-bond donors (Lipinski definition) is 1. The molecule has 1 aromatic heterocycles. The smallest absolute Gasteiger partial charge is 0.194 e. The highest BCUT2D eigenvalue weighted by atomic mass is 127. The molecule has 142 valence electrons. The van der Waals surface area contributed by atoms with Crippen LogP contribution in [0.5, 0.6) is 0 Å². The van der Waals surface area contributed by atoms with Gasteiger partial charge in [0.1, 0.15) is 5.82 Å². The van der Waals surface area contributed by atoms with Gasteiger partial charge in [0, 0.05) is 33.6 Å². The Kier molecular flexibility index (Phi) is 7.86.